The average molecular weight is 1160 g/mol. The Morgan fingerprint density at radius 1 is 0.258 bits per heavy atom. The predicted octanol–water partition coefficient (Wildman–Crippen LogP) is 22.0. The summed E-state index contributed by atoms with van der Waals surface area (Å²) in [7, 11) is 0. The van der Waals surface area contributed by atoms with Gasteiger partial charge in [0.2, 0.25) is 0 Å². The summed E-state index contributed by atoms with van der Waals surface area (Å²) in [4.78, 5) is 11.6. The van der Waals surface area contributed by atoms with Crippen LogP contribution in [0.25, 0.3) is 164 Å². The zero-order chi connectivity index (χ0) is 59.2. The number of aryl methyl sites for hydroxylation is 4. The summed E-state index contributed by atoms with van der Waals surface area (Å²) >= 11 is 1.76. The molecule has 6 nitrogen and oxygen atoms in total. The Morgan fingerprint density at radius 3 is 1.01 bits per heavy atom. The molecule has 0 atom stereocenters. The third-order valence-corrected chi connectivity index (χ3v) is 19.4. The summed E-state index contributed by atoms with van der Waals surface area (Å²) in [5.41, 5.74) is 25.3. The first kappa shape index (κ1) is 51.1. The van der Waals surface area contributed by atoms with Crippen LogP contribution in [0, 0.1) is 27.7 Å². The van der Waals surface area contributed by atoms with E-state index in [4.69, 9.17) is 9.97 Å². The van der Waals surface area contributed by atoms with Crippen molar-refractivity contribution in [1.29, 1.82) is 0 Å². The van der Waals surface area contributed by atoms with E-state index in [1.165, 1.54) is 65.3 Å². The second-order valence-corrected chi connectivity index (χ2v) is 25.0. The number of nitrogens with zero attached hydrogens (tertiary/aromatic N) is 6. The lowest BCUT2D eigenvalue weighted by Gasteiger charge is -2.31. The van der Waals surface area contributed by atoms with E-state index >= 15 is 0 Å². The van der Waals surface area contributed by atoms with Gasteiger partial charge >= 0.3 is 0 Å². The minimum absolute atomic E-state index is 0.867. The zero-order valence-electron chi connectivity index (χ0n) is 49.5. The molecule has 0 saturated carbocycles. The van der Waals surface area contributed by atoms with E-state index in [0.717, 1.165) is 121 Å². The first-order valence-corrected chi connectivity index (χ1v) is 31.4. The molecule has 0 radical (unpaired) electrons. The summed E-state index contributed by atoms with van der Waals surface area (Å²) in [6.45, 7) is 8.85. The molecule has 0 bridgehead atoms. The smallest absolute Gasteiger partial charge is 0.128 e. The van der Waals surface area contributed by atoms with Gasteiger partial charge in [-0.15, -0.1) is 11.3 Å². The molecule has 89 heavy (non-hydrogen) atoms. The number of pyridine rings is 1. The van der Waals surface area contributed by atoms with Gasteiger partial charge in [0.25, 0.3) is 0 Å². The van der Waals surface area contributed by atoms with Crippen LogP contribution in [0.2, 0.25) is 0 Å². The van der Waals surface area contributed by atoms with Crippen LogP contribution in [0.3, 0.4) is 0 Å². The molecule has 420 valence electrons. The average Bonchev–Trinajstić information content (AvgIpc) is 1.61. The standard InChI is InChI=1S/C82H56N6S/c1-49-35-39-71-60(43-49)56-25-11-16-30-67(56)85(71)78-76(55-47-65(53-21-7-5-8-22-53)83-66(48-55)54-23-9-6-10-24-54)79(86-68-31-17-12-26-57(68)61-44-50(2)36-40-72(61)86)81(88-70-33-19-14-28-59(70)63-46-52(4)38-42-74(63)88)80(77(78)82-84-64-29-15-20-34-75(64)89-82)87-69-32-18-13-27-58(69)62-45-51(3)37-41-73(62)87/h5-48H,1-4H3. The zero-order valence-corrected chi connectivity index (χ0v) is 50.3. The van der Waals surface area contributed by atoms with Crippen molar-refractivity contribution < 1.29 is 0 Å². The van der Waals surface area contributed by atoms with Gasteiger partial charge in [-0.25, -0.2) is 9.97 Å². The van der Waals surface area contributed by atoms with Gasteiger partial charge in [0.1, 0.15) is 5.01 Å². The molecule has 12 aromatic carbocycles. The number of hydrogen-bond acceptors (Lipinski definition) is 3. The molecule has 0 amide bonds. The molecular weight excluding hydrogens is 1100 g/mol. The van der Waals surface area contributed by atoms with Crippen LogP contribution < -0.4 is 0 Å². The largest absolute Gasteiger partial charge is 0.308 e. The van der Waals surface area contributed by atoms with Crippen molar-refractivity contribution in [2.75, 3.05) is 0 Å². The van der Waals surface area contributed by atoms with Crippen molar-refractivity contribution in [3.8, 4) is 67.0 Å². The number of aromatic nitrogens is 6. The third-order valence-electron chi connectivity index (χ3n) is 18.4. The van der Waals surface area contributed by atoms with Gasteiger partial charge in [-0.3, -0.25) is 0 Å². The lowest BCUT2D eigenvalue weighted by Crippen LogP contribution is -2.16. The number of benzene rings is 12. The Morgan fingerprint density at radius 2 is 0.596 bits per heavy atom. The van der Waals surface area contributed by atoms with Crippen molar-refractivity contribution >= 4 is 109 Å². The Labute approximate surface area is 517 Å². The van der Waals surface area contributed by atoms with Crippen LogP contribution in [0.1, 0.15) is 22.3 Å². The molecule has 0 aliphatic heterocycles. The summed E-state index contributed by atoms with van der Waals surface area (Å²) in [5.74, 6) is 0. The van der Waals surface area contributed by atoms with Gasteiger partial charge < -0.3 is 18.3 Å². The predicted molar refractivity (Wildman–Crippen MR) is 375 cm³/mol. The van der Waals surface area contributed by atoms with E-state index in [-0.39, 0.29) is 0 Å². The van der Waals surface area contributed by atoms with Crippen molar-refractivity contribution in [3.63, 3.8) is 0 Å². The number of fused-ring (bicyclic) bond motifs is 13. The van der Waals surface area contributed by atoms with Gasteiger partial charge in [-0.2, -0.15) is 0 Å². The first-order valence-electron chi connectivity index (χ1n) is 30.6. The highest BCUT2D eigenvalue weighted by molar-refractivity contribution is 7.21. The summed E-state index contributed by atoms with van der Waals surface area (Å²) in [6.07, 6.45) is 0. The molecular formula is C82H56N6S. The molecule has 7 heteroatoms. The van der Waals surface area contributed by atoms with E-state index < -0.39 is 0 Å². The maximum Gasteiger partial charge on any atom is 0.128 e. The lowest BCUT2D eigenvalue weighted by atomic mass is 9.91. The molecule has 6 heterocycles. The SMILES string of the molecule is Cc1ccc2c(c1)c1ccccc1n2-c1c(-c2cc(-c3ccccc3)nc(-c3ccccc3)c2)c(-n2c3ccccc3c3cc(C)ccc32)c(-n2c3ccccc3c3cc(C)ccc32)c(-n2c3ccccc3c3cc(C)ccc32)c1-c1nc2ccccc2s1. The van der Waals surface area contributed by atoms with Gasteiger partial charge in [-0.1, -0.05) is 192 Å². The molecule has 0 N–H and O–H groups in total. The Hall–Kier alpha value is -11.1. The number of para-hydroxylation sites is 5. The van der Waals surface area contributed by atoms with E-state index in [2.05, 4.69) is 313 Å². The third kappa shape index (κ3) is 7.75. The lowest BCUT2D eigenvalue weighted by molar-refractivity contribution is 1.04. The molecule has 0 unspecified atom stereocenters. The number of rotatable bonds is 8. The van der Waals surface area contributed by atoms with E-state index in [9.17, 15) is 0 Å². The van der Waals surface area contributed by atoms with Gasteiger partial charge in [-0.05, 0) is 130 Å². The van der Waals surface area contributed by atoms with Crippen LogP contribution >= 0.6 is 11.3 Å². The van der Waals surface area contributed by atoms with Crippen LogP contribution in [0.4, 0.5) is 0 Å². The fourth-order valence-corrected chi connectivity index (χ4v) is 15.5. The Balaban J connectivity index is 1.23. The van der Waals surface area contributed by atoms with Crippen molar-refractivity contribution in [2.24, 2.45) is 0 Å². The fraction of sp³-hybridized carbons (Fsp3) is 0.0488. The molecule has 18 aromatic rings. The van der Waals surface area contributed by atoms with Crippen molar-refractivity contribution in [3.05, 3.63) is 289 Å². The summed E-state index contributed by atoms with van der Waals surface area (Å²) in [6, 6.07) is 99.1. The molecule has 18 rings (SSSR count). The first-order chi connectivity index (χ1) is 43.8. The second-order valence-electron chi connectivity index (χ2n) is 24.0. The molecule has 0 aliphatic rings. The van der Waals surface area contributed by atoms with Crippen LogP contribution in [0.15, 0.2) is 267 Å². The highest BCUT2D eigenvalue weighted by Gasteiger charge is 2.37. The second kappa shape index (κ2) is 19.7. The summed E-state index contributed by atoms with van der Waals surface area (Å²) in [5, 5.41) is 10.3. The minimum atomic E-state index is 0.867. The van der Waals surface area contributed by atoms with Gasteiger partial charge in [0.15, 0.2) is 0 Å². The molecule has 0 aliphatic carbocycles. The van der Waals surface area contributed by atoms with Crippen LogP contribution in [0.5, 0.6) is 0 Å². The normalized spacial score (nSPS) is 12.0. The van der Waals surface area contributed by atoms with Crippen molar-refractivity contribution in [1.82, 2.24) is 28.2 Å². The van der Waals surface area contributed by atoms with E-state index in [1.54, 1.807) is 11.3 Å². The maximum atomic E-state index is 5.96. The highest BCUT2D eigenvalue weighted by atomic mass is 32.1. The highest BCUT2D eigenvalue weighted by Crippen LogP contribution is 2.56. The number of thiazole rings is 1. The van der Waals surface area contributed by atoms with Crippen LogP contribution in [-0.4, -0.2) is 28.2 Å². The number of hydrogen-bond donors (Lipinski definition) is 0. The van der Waals surface area contributed by atoms with E-state index in [1.807, 2.05) is 0 Å². The fourth-order valence-electron chi connectivity index (χ4n) is 14.5. The maximum absolute atomic E-state index is 5.96. The summed E-state index contributed by atoms with van der Waals surface area (Å²) < 4.78 is 11.6. The Bertz CT molecular complexity index is 5880. The topological polar surface area (TPSA) is 45.5 Å². The minimum Gasteiger partial charge on any atom is -0.308 e. The molecule has 6 aromatic heterocycles. The molecule has 0 spiro atoms. The Kier molecular flexibility index (Phi) is 11.3. The molecule has 0 saturated heterocycles. The monoisotopic (exact) mass is 1160 g/mol. The van der Waals surface area contributed by atoms with Crippen molar-refractivity contribution in [2.45, 2.75) is 27.7 Å². The van der Waals surface area contributed by atoms with E-state index in [0.29, 0.717) is 0 Å². The molecule has 0 fully saturated rings. The quantitative estimate of drug-likeness (QED) is 0.152. The van der Waals surface area contributed by atoms with Gasteiger partial charge in [0, 0.05) is 59.8 Å². The van der Waals surface area contributed by atoms with Crippen LogP contribution in [-0.2, 0) is 0 Å². The van der Waals surface area contributed by atoms with Gasteiger partial charge in [0.05, 0.1) is 94.1 Å².